The highest BCUT2D eigenvalue weighted by Gasteiger charge is 1.96. The largest absolute Gasteiger partial charge is 0.392 e. The summed E-state index contributed by atoms with van der Waals surface area (Å²) in [5.74, 6) is -0.246. The maximum atomic E-state index is 10.6. The van der Waals surface area contributed by atoms with Crippen molar-refractivity contribution in [2.45, 2.75) is 20.5 Å². The van der Waals surface area contributed by atoms with Crippen molar-refractivity contribution in [2.75, 3.05) is 10.6 Å². The first-order valence-corrected chi connectivity index (χ1v) is 9.96. The van der Waals surface area contributed by atoms with Crippen LogP contribution in [0.4, 0.5) is 11.4 Å². The van der Waals surface area contributed by atoms with Crippen molar-refractivity contribution in [3.8, 4) is 18.2 Å². The molecule has 0 radical (unpaired) electrons. The molecule has 0 aromatic heterocycles. The first-order chi connectivity index (χ1) is 16.3. The number of amides is 2. The Kier molecular flexibility index (Phi) is 11.9. The zero-order valence-corrected chi connectivity index (χ0v) is 18.7. The van der Waals surface area contributed by atoms with Gasteiger partial charge in [0.15, 0.2) is 0 Å². The van der Waals surface area contributed by atoms with Gasteiger partial charge in [-0.05, 0) is 60.2 Å². The van der Waals surface area contributed by atoms with Gasteiger partial charge in [0.2, 0.25) is 11.8 Å². The molecule has 2 amide bonds. The Morgan fingerprint density at radius 2 is 1.18 bits per heavy atom. The molecule has 0 saturated heterocycles. The molecule has 0 unspecified atom stereocenters. The lowest BCUT2D eigenvalue weighted by Crippen LogP contribution is -2.05. The Bertz CT molecular complexity index is 1220. The number of hydrogen-bond donors (Lipinski definition) is 3. The van der Waals surface area contributed by atoms with Crippen LogP contribution in [0.3, 0.4) is 0 Å². The molecule has 0 aliphatic carbocycles. The highest BCUT2D eigenvalue weighted by atomic mass is 16.3. The van der Waals surface area contributed by atoms with Crippen molar-refractivity contribution in [1.82, 2.24) is 0 Å². The van der Waals surface area contributed by atoms with Gasteiger partial charge in [0.1, 0.15) is 0 Å². The van der Waals surface area contributed by atoms with Gasteiger partial charge in [-0.15, -0.1) is 0 Å². The summed E-state index contributed by atoms with van der Waals surface area (Å²) in [5, 5.41) is 39.2. The van der Waals surface area contributed by atoms with E-state index in [1.165, 1.54) is 13.8 Å². The van der Waals surface area contributed by atoms with Crippen LogP contribution in [0.1, 0.15) is 36.1 Å². The maximum Gasteiger partial charge on any atom is 0.221 e. The van der Waals surface area contributed by atoms with Crippen molar-refractivity contribution < 1.29 is 14.7 Å². The third-order valence-electron chi connectivity index (χ3n) is 3.91. The number of benzene rings is 3. The molecule has 0 bridgehead atoms. The Morgan fingerprint density at radius 1 is 0.706 bits per heavy atom. The van der Waals surface area contributed by atoms with E-state index in [0.29, 0.717) is 28.1 Å². The van der Waals surface area contributed by atoms with Gasteiger partial charge in [0.05, 0.1) is 41.5 Å². The van der Waals surface area contributed by atoms with Gasteiger partial charge in [-0.25, -0.2) is 0 Å². The first kappa shape index (κ1) is 27.1. The number of rotatable bonds is 3. The molecule has 0 saturated carbocycles. The highest BCUT2D eigenvalue weighted by molar-refractivity contribution is 5.89. The van der Waals surface area contributed by atoms with Gasteiger partial charge in [-0.2, -0.15) is 15.8 Å². The quantitative estimate of drug-likeness (QED) is 0.544. The summed E-state index contributed by atoms with van der Waals surface area (Å²) in [5.41, 5.74) is 3.95. The second-order valence-corrected chi connectivity index (χ2v) is 6.71. The zero-order valence-electron chi connectivity index (χ0n) is 18.7. The van der Waals surface area contributed by atoms with E-state index in [1.807, 2.05) is 18.2 Å². The molecule has 0 fully saturated rings. The molecule has 0 aliphatic rings. The Morgan fingerprint density at radius 3 is 1.62 bits per heavy atom. The molecular formula is C26H23N5O3. The van der Waals surface area contributed by atoms with E-state index in [4.69, 9.17) is 20.9 Å². The normalized spacial score (nSPS) is 8.71. The van der Waals surface area contributed by atoms with Crippen molar-refractivity contribution >= 4 is 23.2 Å². The standard InChI is InChI=1S/2C9H8N2O.C8H7NO/c1-7(12)11-9-4-2-8(6-10)3-5-9;1-7(12)11-9-4-2-3-8(5-9)6-10;9-5-7-1-3-8(6-10)4-2-7/h2*2-5H,1H3,(H,11,12);1-4,10H,6H2. The summed E-state index contributed by atoms with van der Waals surface area (Å²) < 4.78 is 0. The van der Waals surface area contributed by atoms with Gasteiger partial charge in [0, 0.05) is 25.2 Å². The number of nitrogens with one attached hydrogen (secondary N) is 2. The van der Waals surface area contributed by atoms with Gasteiger partial charge in [0.25, 0.3) is 0 Å². The second-order valence-electron chi connectivity index (χ2n) is 6.71. The van der Waals surface area contributed by atoms with Crippen LogP contribution in [0.2, 0.25) is 0 Å². The number of anilines is 2. The van der Waals surface area contributed by atoms with Crippen molar-refractivity contribution in [2.24, 2.45) is 0 Å². The molecule has 0 aliphatic heterocycles. The fourth-order valence-electron chi connectivity index (χ4n) is 2.39. The smallest absolute Gasteiger partial charge is 0.221 e. The van der Waals surface area contributed by atoms with Crippen LogP contribution < -0.4 is 10.6 Å². The van der Waals surface area contributed by atoms with Crippen LogP contribution in [0.15, 0.2) is 72.8 Å². The monoisotopic (exact) mass is 453 g/mol. The van der Waals surface area contributed by atoms with Crippen LogP contribution in [0, 0.1) is 34.0 Å². The minimum Gasteiger partial charge on any atom is -0.392 e. The molecule has 3 aromatic rings. The van der Waals surface area contributed by atoms with E-state index in [-0.39, 0.29) is 18.4 Å². The average Bonchev–Trinajstić information content (AvgIpc) is 2.84. The molecule has 34 heavy (non-hydrogen) atoms. The molecule has 170 valence electrons. The third-order valence-corrected chi connectivity index (χ3v) is 3.91. The summed E-state index contributed by atoms with van der Waals surface area (Å²) in [6.07, 6.45) is 0. The minimum atomic E-state index is -0.134. The predicted octanol–water partition coefficient (Wildman–Crippen LogP) is 4.08. The summed E-state index contributed by atoms with van der Waals surface area (Å²) in [6, 6.07) is 26.3. The van der Waals surface area contributed by atoms with Crippen molar-refractivity contribution in [3.63, 3.8) is 0 Å². The molecule has 0 spiro atoms. The predicted molar refractivity (Wildman–Crippen MR) is 128 cm³/mol. The number of nitriles is 3. The number of hydrogen-bond acceptors (Lipinski definition) is 6. The van der Waals surface area contributed by atoms with E-state index in [1.54, 1.807) is 72.8 Å². The number of carbonyl (C=O) groups excluding carboxylic acids is 2. The van der Waals surface area contributed by atoms with E-state index in [9.17, 15) is 9.59 Å². The molecule has 3 aromatic carbocycles. The molecule has 8 heteroatoms. The molecule has 0 atom stereocenters. The van der Waals surface area contributed by atoms with Crippen molar-refractivity contribution in [1.29, 1.82) is 15.8 Å². The topological polar surface area (TPSA) is 150 Å². The van der Waals surface area contributed by atoms with E-state index >= 15 is 0 Å². The van der Waals surface area contributed by atoms with Gasteiger partial charge >= 0.3 is 0 Å². The molecule has 3 N–H and O–H groups in total. The first-order valence-electron chi connectivity index (χ1n) is 9.96. The number of carbonyl (C=O) groups is 2. The average molecular weight is 454 g/mol. The lowest BCUT2D eigenvalue weighted by molar-refractivity contribution is -0.115. The number of aliphatic hydroxyl groups excluding tert-OH is 1. The van der Waals surface area contributed by atoms with Gasteiger partial charge in [-0.3, -0.25) is 9.59 Å². The molecule has 3 rings (SSSR count). The van der Waals surface area contributed by atoms with Crippen LogP contribution in [-0.2, 0) is 16.2 Å². The lowest BCUT2D eigenvalue weighted by Gasteiger charge is -2.00. The van der Waals surface area contributed by atoms with Crippen LogP contribution in [0.25, 0.3) is 0 Å². The fourth-order valence-corrected chi connectivity index (χ4v) is 2.39. The maximum absolute atomic E-state index is 10.6. The van der Waals surface area contributed by atoms with Crippen molar-refractivity contribution in [3.05, 3.63) is 95.1 Å². The number of aliphatic hydroxyl groups is 1. The summed E-state index contributed by atoms with van der Waals surface area (Å²) in [7, 11) is 0. The van der Waals surface area contributed by atoms with E-state index in [2.05, 4.69) is 10.6 Å². The SMILES string of the molecule is CC(=O)Nc1ccc(C#N)cc1.CC(=O)Nc1cccc(C#N)c1.N#Cc1ccc(CO)cc1. The van der Waals surface area contributed by atoms with Gasteiger partial charge < -0.3 is 15.7 Å². The minimum absolute atomic E-state index is 0.0334. The molecule has 0 heterocycles. The Hall–Kier alpha value is -4.97. The van der Waals surface area contributed by atoms with Crippen LogP contribution >= 0.6 is 0 Å². The fraction of sp³-hybridized carbons (Fsp3) is 0.115. The van der Waals surface area contributed by atoms with E-state index < -0.39 is 0 Å². The summed E-state index contributed by atoms with van der Waals surface area (Å²) in [6.45, 7) is 2.91. The number of nitrogens with zero attached hydrogens (tertiary/aromatic N) is 3. The zero-order chi connectivity index (χ0) is 25.3. The lowest BCUT2D eigenvalue weighted by atomic mass is 10.2. The summed E-state index contributed by atoms with van der Waals surface area (Å²) in [4.78, 5) is 21.2. The third kappa shape index (κ3) is 10.9. The second kappa shape index (κ2) is 14.9. The molecular weight excluding hydrogens is 430 g/mol. The summed E-state index contributed by atoms with van der Waals surface area (Å²) >= 11 is 0. The molecule has 8 nitrogen and oxygen atoms in total. The van der Waals surface area contributed by atoms with Crippen LogP contribution in [-0.4, -0.2) is 16.9 Å². The van der Waals surface area contributed by atoms with Crippen LogP contribution in [0.5, 0.6) is 0 Å². The Balaban J connectivity index is 0.000000256. The van der Waals surface area contributed by atoms with Gasteiger partial charge in [-0.1, -0.05) is 18.2 Å². The Labute approximate surface area is 198 Å². The highest BCUT2D eigenvalue weighted by Crippen LogP contribution is 2.09. The van der Waals surface area contributed by atoms with E-state index in [0.717, 1.165) is 5.56 Å².